The lowest BCUT2D eigenvalue weighted by Gasteiger charge is -2.21. The van der Waals surface area contributed by atoms with E-state index in [0.29, 0.717) is 22.8 Å². The van der Waals surface area contributed by atoms with Crippen molar-refractivity contribution in [2.45, 2.75) is 39.0 Å². The molecule has 1 saturated carbocycles. The van der Waals surface area contributed by atoms with Crippen molar-refractivity contribution in [3.63, 3.8) is 0 Å². The number of pyridine rings is 1. The van der Waals surface area contributed by atoms with E-state index in [1.165, 1.54) is 6.42 Å². The molecule has 7 heteroatoms. The van der Waals surface area contributed by atoms with Crippen LogP contribution >= 0.6 is 0 Å². The molecule has 0 radical (unpaired) electrons. The Balaban J connectivity index is 1.91. The van der Waals surface area contributed by atoms with Gasteiger partial charge in [0.25, 0.3) is 5.56 Å². The zero-order chi connectivity index (χ0) is 19.1. The van der Waals surface area contributed by atoms with Gasteiger partial charge in [0.15, 0.2) is 11.5 Å². The van der Waals surface area contributed by atoms with Gasteiger partial charge in [-0.25, -0.2) is 9.19 Å². The summed E-state index contributed by atoms with van der Waals surface area (Å²) in [6, 6.07) is 5.67. The highest BCUT2D eigenvalue weighted by atomic mass is 32.2. The first kappa shape index (κ1) is 18.0. The van der Waals surface area contributed by atoms with Gasteiger partial charge in [-0.15, -0.1) is 0 Å². The number of fused-ring (bicyclic) bond motifs is 1. The number of aryl methyl sites for hydroxylation is 2. The molecule has 27 heavy (non-hydrogen) atoms. The number of nitrogens with zero attached hydrogens (tertiary/aromatic N) is 2. The molecule has 1 aromatic carbocycles. The summed E-state index contributed by atoms with van der Waals surface area (Å²) in [7, 11) is 0.587. The third kappa shape index (κ3) is 3.32. The van der Waals surface area contributed by atoms with Gasteiger partial charge in [-0.05, 0) is 38.0 Å². The summed E-state index contributed by atoms with van der Waals surface area (Å²) in [5, 5.41) is 0. The molecule has 1 fully saturated rings. The molecule has 1 aliphatic carbocycles. The van der Waals surface area contributed by atoms with E-state index in [-0.39, 0.29) is 5.56 Å². The van der Waals surface area contributed by atoms with Gasteiger partial charge in [0, 0.05) is 47.3 Å². The Hall–Kier alpha value is -2.41. The molecule has 0 aliphatic heterocycles. The molecule has 0 bridgehead atoms. The lowest BCUT2D eigenvalue weighted by Crippen LogP contribution is -2.18. The normalized spacial score (nSPS) is 15.7. The maximum Gasteiger partial charge on any atom is 0.253 e. The fourth-order valence-electron chi connectivity index (χ4n) is 3.38. The topological polar surface area (TPSA) is 77.1 Å². The number of benzene rings is 1. The van der Waals surface area contributed by atoms with Crippen molar-refractivity contribution < 1.29 is 8.63 Å². The van der Waals surface area contributed by atoms with E-state index in [1.807, 2.05) is 25.1 Å². The second-order valence-corrected chi connectivity index (χ2v) is 8.59. The van der Waals surface area contributed by atoms with E-state index in [2.05, 4.69) is 4.72 Å². The van der Waals surface area contributed by atoms with Crippen LogP contribution in [-0.4, -0.2) is 19.5 Å². The second kappa shape index (κ2) is 6.96. The van der Waals surface area contributed by atoms with Crippen LogP contribution in [0.3, 0.4) is 0 Å². The lowest BCUT2D eigenvalue weighted by atomic mass is 9.85. The van der Waals surface area contributed by atoms with E-state index in [9.17, 15) is 9.00 Å². The quantitative estimate of drug-likeness (QED) is 0.723. The number of nitrogens with one attached hydrogen (secondary N) is 1. The Morgan fingerprint density at radius 3 is 2.74 bits per heavy atom. The van der Waals surface area contributed by atoms with Crippen molar-refractivity contribution >= 4 is 27.8 Å². The standard InChI is InChI=1S/C20H23N3O3S/c1-4-27(25)22-15-9-16(14-8-12(2)20(24)23(3)11-14)18-17(10-15)21-19(26-18)13-6-5-7-13/h8-11,13,22H,4-7H2,1-3H3. The minimum Gasteiger partial charge on any atom is -0.440 e. The number of anilines is 1. The Kier molecular flexibility index (Phi) is 4.63. The van der Waals surface area contributed by atoms with Crippen LogP contribution in [0.4, 0.5) is 5.69 Å². The first-order valence-corrected chi connectivity index (χ1v) is 10.6. The van der Waals surface area contributed by atoms with Crippen LogP contribution in [0.25, 0.3) is 22.2 Å². The highest BCUT2D eigenvalue weighted by molar-refractivity contribution is 7.86. The lowest BCUT2D eigenvalue weighted by molar-refractivity contribution is 0.344. The Bertz CT molecular complexity index is 1070. The van der Waals surface area contributed by atoms with E-state index >= 15 is 0 Å². The summed E-state index contributed by atoms with van der Waals surface area (Å²) in [6.45, 7) is 3.67. The third-order valence-electron chi connectivity index (χ3n) is 5.13. The molecule has 3 aromatic rings. The maximum absolute atomic E-state index is 12.1. The van der Waals surface area contributed by atoms with E-state index in [0.717, 1.165) is 41.1 Å². The summed E-state index contributed by atoms with van der Waals surface area (Å²) in [5.41, 5.74) is 4.56. The Morgan fingerprint density at radius 2 is 2.11 bits per heavy atom. The number of oxazole rings is 1. The molecule has 0 spiro atoms. The van der Waals surface area contributed by atoms with Crippen LogP contribution in [0.1, 0.15) is 43.6 Å². The van der Waals surface area contributed by atoms with Gasteiger partial charge in [0.05, 0.1) is 0 Å². The molecule has 1 atom stereocenters. The Morgan fingerprint density at radius 1 is 1.33 bits per heavy atom. The predicted octanol–water partition coefficient (Wildman–Crippen LogP) is 3.86. The van der Waals surface area contributed by atoms with E-state index in [4.69, 9.17) is 9.40 Å². The average Bonchev–Trinajstić information content (AvgIpc) is 2.99. The summed E-state index contributed by atoms with van der Waals surface area (Å²) >= 11 is 0. The molecule has 4 rings (SSSR count). The highest BCUT2D eigenvalue weighted by Gasteiger charge is 2.26. The number of rotatable bonds is 5. The molecule has 0 amide bonds. The summed E-state index contributed by atoms with van der Waals surface area (Å²) in [6.07, 6.45) is 5.22. The van der Waals surface area contributed by atoms with Crippen molar-refractivity contribution in [3.05, 3.63) is 46.2 Å². The van der Waals surface area contributed by atoms with Gasteiger partial charge in [0.2, 0.25) is 0 Å². The molecular formula is C20H23N3O3S. The molecular weight excluding hydrogens is 362 g/mol. The molecule has 1 unspecified atom stereocenters. The van der Waals surface area contributed by atoms with Crippen LogP contribution < -0.4 is 10.3 Å². The van der Waals surface area contributed by atoms with Crippen LogP contribution in [0, 0.1) is 6.92 Å². The summed E-state index contributed by atoms with van der Waals surface area (Å²) in [5.74, 6) is 1.67. The molecule has 2 aromatic heterocycles. The zero-order valence-electron chi connectivity index (χ0n) is 15.7. The SMILES string of the molecule is CCS(=O)Nc1cc(-c2cc(C)c(=O)n(C)c2)c2oc(C3CCC3)nc2c1. The van der Waals surface area contributed by atoms with Gasteiger partial charge in [-0.1, -0.05) is 13.3 Å². The van der Waals surface area contributed by atoms with Crippen molar-refractivity contribution in [2.75, 3.05) is 10.5 Å². The molecule has 1 aliphatic rings. The molecule has 2 heterocycles. The fourth-order valence-corrected chi connectivity index (χ4v) is 3.91. The Labute approximate surface area is 160 Å². The maximum atomic E-state index is 12.1. The van der Waals surface area contributed by atoms with Gasteiger partial charge < -0.3 is 13.7 Å². The molecule has 1 N–H and O–H groups in total. The van der Waals surface area contributed by atoms with Gasteiger partial charge in [0.1, 0.15) is 16.5 Å². The predicted molar refractivity (Wildman–Crippen MR) is 108 cm³/mol. The minimum absolute atomic E-state index is 0.0240. The van der Waals surface area contributed by atoms with Crippen molar-refractivity contribution in [3.8, 4) is 11.1 Å². The number of aromatic nitrogens is 2. The molecule has 6 nitrogen and oxygen atoms in total. The zero-order valence-corrected chi connectivity index (χ0v) is 16.6. The first-order chi connectivity index (χ1) is 13.0. The van der Waals surface area contributed by atoms with E-state index in [1.54, 1.807) is 24.7 Å². The van der Waals surface area contributed by atoms with Gasteiger partial charge in [-0.2, -0.15) is 0 Å². The van der Waals surface area contributed by atoms with Crippen molar-refractivity contribution in [1.29, 1.82) is 0 Å². The molecule has 142 valence electrons. The van der Waals surface area contributed by atoms with E-state index < -0.39 is 11.0 Å². The number of hydrogen-bond donors (Lipinski definition) is 1. The second-order valence-electron chi connectivity index (χ2n) is 7.12. The smallest absolute Gasteiger partial charge is 0.253 e. The summed E-state index contributed by atoms with van der Waals surface area (Å²) < 4.78 is 22.7. The van der Waals surface area contributed by atoms with Crippen LogP contribution in [0.15, 0.2) is 33.6 Å². The average molecular weight is 385 g/mol. The van der Waals surface area contributed by atoms with Crippen LogP contribution in [0.5, 0.6) is 0 Å². The van der Waals surface area contributed by atoms with Gasteiger partial charge >= 0.3 is 0 Å². The minimum atomic E-state index is -1.15. The molecule has 0 saturated heterocycles. The highest BCUT2D eigenvalue weighted by Crippen LogP contribution is 2.40. The first-order valence-electron chi connectivity index (χ1n) is 9.23. The largest absolute Gasteiger partial charge is 0.440 e. The fraction of sp³-hybridized carbons (Fsp3) is 0.400. The van der Waals surface area contributed by atoms with Crippen LogP contribution in [-0.2, 0) is 18.0 Å². The monoisotopic (exact) mass is 385 g/mol. The number of hydrogen-bond acceptors (Lipinski definition) is 4. The van der Waals surface area contributed by atoms with Crippen molar-refractivity contribution in [1.82, 2.24) is 9.55 Å². The summed E-state index contributed by atoms with van der Waals surface area (Å²) in [4.78, 5) is 16.8. The van der Waals surface area contributed by atoms with Gasteiger partial charge in [-0.3, -0.25) is 4.79 Å². The third-order valence-corrected chi connectivity index (χ3v) is 6.12. The van der Waals surface area contributed by atoms with Crippen LogP contribution in [0.2, 0.25) is 0 Å². The van der Waals surface area contributed by atoms with Crippen molar-refractivity contribution in [2.24, 2.45) is 7.05 Å².